The van der Waals surface area contributed by atoms with E-state index in [1.54, 1.807) is 6.07 Å². The lowest BCUT2D eigenvalue weighted by Crippen LogP contribution is -2.03. The van der Waals surface area contributed by atoms with Crippen LogP contribution in [0.2, 0.25) is 0 Å². The van der Waals surface area contributed by atoms with Crippen molar-refractivity contribution in [2.75, 3.05) is 0 Å². The molecule has 0 amide bonds. The Morgan fingerprint density at radius 2 is 1.32 bits per heavy atom. The number of halogens is 3. The van der Waals surface area contributed by atoms with Gasteiger partial charge in [0, 0.05) is 0 Å². The number of hydrogen-bond acceptors (Lipinski definition) is 0. The van der Waals surface area contributed by atoms with E-state index in [0.717, 1.165) is 23.3 Å². The maximum atomic E-state index is 12.3. The van der Waals surface area contributed by atoms with Crippen molar-refractivity contribution in [3.05, 3.63) is 96.6 Å². The van der Waals surface area contributed by atoms with Crippen molar-refractivity contribution in [2.24, 2.45) is 0 Å². The topological polar surface area (TPSA) is 0 Å². The van der Waals surface area contributed by atoms with E-state index in [9.17, 15) is 13.2 Å². The highest BCUT2D eigenvalue weighted by atomic mass is 19.4. The van der Waals surface area contributed by atoms with Gasteiger partial charge in [0.05, 0.1) is 5.56 Å². The van der Waals surface area contributed by atoms with Crippen LogP contribution in [0.5, 0.6) is 0 Å². The van der Waals surface area contributed by atoms with Crippen LogP contribution >= 0.6 is 0 Å². The van der Waals surface area contributed by atoms with Crippen molar-refractivity contribution in [3.8, 4) is 11.1 Å². The van der Waals surface area contributed by atoms with Gasteiger partial charge in [0.15, 0.2) is 0 Å². The minimum atomic E-state index is -4.28. The second-order valence-electron chi connectivity index (χ2n) is 4.43. The van der Waals surface area contributed by atoms with Gasteiger partial charge in [0.2, 0.25) is 0 Å². The highest BCUT2D eigenvalue weighted by Crippen LogP contribution is 2.30. The Bertz CT molecular complexity index is 630. The molecule has 0 heterocycles. The van der Waals surface area contributed by atoms with Gasteiger partial charge in [-0.25, -0.2) is 0 Å². The fraction of sp³-hybridized carbons (Fsp3) is 0.0526. The Morgan fingerprint density at radius 3 is 1.73 bits per heavy atom. The molecular weight excluding hydrogens is 285 g/mol. The van der Waals surface area contributed by atoms with Crippen LogP contribution in [0.3, 0.4) is 0 Å². The fourth-order valence-corrected chi connectivity index (χ4v) is 1.75. The Labute approximate surface area is 127 Å². The summed E-state index contributed by atoms with van der Waals surface area (Å²) < 4.78 is 36.9. The Kier molecular flexibility index (Phi) is 5.37. The van der Waals surface area contributed by atoms with Gasteiger partial charge < -0.3 is 0 Å². The van der Waals surface area contributed by atoms with Crippen LogP contribution in [0.25, 0.3) is 11.1 Å². The standard InChI is InChI=1S/C13H8F3.C6H5/c14-13(15,16)12-8-6-11(7-9-12)10-4-2-1-3-5-10;1-2-4-6-5-3-1/h1-4,6-9H;1-5H. The number of benzene rings is 3. The van der Waals surface area contributed by atoms with Crippen LogP contribution in [0.1, 0.15) is 5.56 Å². The van der Waals surface area contributed by atoms with E-state index in [0.29, 0.717) is 0 Å². The van der Waals surface area contributed by atoms with Crippen LogP contribution in [0, 0.1) is 12.1 Å². The number of rotatable bonds is 1. The van der Waals surface area contributed by atoms with E-state index in [2.05, 4.69) is 12.1 Å². The van der Waals surface area contributed by atoms with Crippen molar-refractivity contribution in [2.45, 2.75) is 6.18 Å². The third-order valence-corrected chi connectivity index (χ3v) is 2.84. The molecule has 110 valence electrons. The van der Waals surface area contributed by atoms with E-state index >= 15 is 0 Å². The first kappa shape index (κ1) is 15.8. The van der Waals surface area contributed by atoms with Crippen molar-refractivity contribution >= 4 is 0 Å². The zero-order chi connectivity index (χ0) is 15.8. The Balaban J connectivity index is 0.000000246. The van der Waals surface area contributed by atoms with Gasteiger partial charge in [-0.15, -0.1) is 0 Å². The molecule has 0 aromatic heterocycles. The summed E-state index contributed by atoms with van der Waals surface area (Å²) in [5, 5.41) is 0. The summed E-state index contributed by atoms with van der Waals surface area (Å²) in [5.74, 6) is 0. The molecule has 0 nitrogen and oxygen atoms in total. The molecule has 2 radical (unpaired) electrons. The third-order valence-electron chi connectivity index (χ3n) is 2.84. The van der Waals surface area contributed by atoms with Gasteiger partial charge in [-0.3, -0.25) is 0 Å². The van der Waals surface area contributed by atoms with E-state index in [1.807, 2.05) is 48.5 Å². The van der Waals surface area contributed by atoms with Gasteiger partial charge in [-0.2, -0.15) is 13.2 Å². The predicted molar refractivity (Wildman–Crippen MR) is 81.0 cm³/mol. The normalized spacial score (nSPS) is 10.5. The lowest BCUT2D eigenvalue weighted by Gasteiger charge is -2.07. The second kappa shape index (κ2) is 7.46. The Morgan fingerprint density at radius 1 is 0.682 bits per heavy atom. The average Bonchev–Trinajstić information content (AvgIpc) is 2.57. The van der Waals surface area contributed by atoms with Crippen LogP contribution in [0.4, 0.5) is 13.2 Å². The van der Waals surface area contributed by atoms with Crippen LogP contribution in [-0.2, 0) is 6.18 Å². The summed E-state index contributed by atoms with van der Waals surface area (Å²) in [4.78, 5) is 0. The summed E-state index contributed by atoms with van der Waals surface area (Å²) in [6, 6.07) is 27.7. The summed E-state index contributed by atoms with van der Waals surface area (Å²) in [7, 11) is 0. The van der Waals surface area contributed by atoms with E-state index in [-0.39, 0.29) is 0 Å². The SMILES string of the molecule is FC(F)(F)c1ccc(-c2[c]cccc2)cc1.[c]1ccccc1. The van der Waals surface area contributed by atoms with Gasteiger partial charge in [-0.1, -0.05) is 66.7 Å². The molecular formula is C19H13F3. The van der Waals surface area contributed by atoms with Crippen LogP contribution in [-0.4, -0.2) is 0 Å². The summed E-state index contributed by atoms with van der Waals surface area (Å²) in [6.07, 6.45) is -4.28. The third kappa shape index (κ3) is 4.77. The summed E-state index contributed by atoms with van der Waals surface area (Å²) in [6.45, 7) is 0. The Hall–Kier alpha value is -2.55. The molecule has 0 aliphatic rings. The monoisotopic (exact) mass is 298 g/mol. The molecule has 3 rings (SSSR count). The number of hydrogen-bond donors (Lipinski definition) is 0. The molecule has 22 heavy (non-hydrogen) atoms. The molecule has 0 aliphatic heterocycles. The van der Waals surface area contributed by atoms with Crippen molar-refractivity contribution in [1.29, 1.82) is 0 Å². The van der Waals surface area contributed by atoms with E-state index in [1.165, 1.54) is 12.1 Å². The molecule has 3 aromatic rings. The minimum absolute atomic E-state index is 0.632. The molecule has 0 fully saturated rings. The quantitative estimate of drug-likeness (QED) is 0.544. The maximum Gasteiger partial charge on any atom is 0.416 e. The zero-order valence-electron chi connectivity index (χ0n) is 11.6. The van der Waals surface area contributed by atoms with Crippen molar-refractivity contribution in [3.63, 3.8) is 0 Å². The lowest BCUT2D eigenvalue weighted by atomic mass is 10.0. The maximum absolute atomic E-state index is 12.3. The van der Waals surface area contributed by atoms with Gasteiger partial charge >= 0.3 is 6.18 Å². The van der Waals surface area contributed by atoms with E-state index < -0.39 is 11.7 Å². The molecule has 0 N–H and O–H groups in total. The second-order valence-corrected chi connectivity index (χ2v) is 4.43. The minimum Gasteiger partial charge on any atom is -0.166 e. The highest BCUT2D eigenvalue weighted by molar-refractivity contribution is 5.62. The van der Waals surface area contributed by atoms with Gasteiger partial charge in [0.1, 0.15) is 0 Å². The molecule has 0 spiro atoms. The molecule has 0 saturated carbocycles. The van der Waals surface area contributed by atoms with Gasteiger partial charge in [-0.05, 0) is 35.4 Å². The fourth-order valence-electron chi connectivity index (χ4n) is 1.75. The van der Waals surface area contributed by atoms with Crippen molar-refractivity contribution < 1.29 is 13.2 Å². The molecule has 3 heteroatoms. The van der Waals surface area contributed by atoms with Crippen molar-refractivity contribution in [1.82, 2.24) is 0 Å². The first-order valence-electron chi connectivity index (χ1n) is 6.63. The van der Waals surface area contributed by atoms with Crippen LogP contribution < -0.4 is 0 Å². The highest BCUT2D eigenvalue weighted by Gasteiger charge is 2.29. The number of alkyl halides is 3. The predicted octanol–water partition coefficient (Wildman–Crippen LogP) is 5.66. The largest absolute Gasteiger partial charge is 0.416 e. The molecule has 0 aliphatic carbocycles. The van der Waals surface area contributed by atoms with E-state index in [4.69, 9.17) is 0 Å². The van der Waals surface area contributed by atoms with Crippen LogP contribution in [0.15, 0.2) is 78.9 Å². The molecule has 3 aromatic carbocycles. The summed E-state index contributed by atoms with van der Waals surface area (Å²) in [5.41, 5.74) is 0.886. The lowest BCUT2D eigenvalue weighted by molar-refractivity contribution is -0.137. The molecule has 0 atom stereocenters. The smallest absolute Gasteiger partial charge is 0.166 e. The summed E-state index contributed by atoms with van der Waals surface area (Å²) >= 11 is 0. The van der Waals surface area contributed by atoms with Gasteiger partial charge in [0.25, 0.3) is 0 Å². The first-order valence-corrected chi connectivity index (χ1v) is 6.63. The molecule has 0 saturated heterocycles. The zero-order valence-corrected chi connectivity index (χ0v) is 11.6. The molecule has 0 bridgehead atoms. The first-order chi connectivity index (χ1) is 10.6. The average molecular weight is 298 g/mol. The molecule has 0 unspecified atom stereocenters.